The third kappa shape index (κ3) is 5.30. The quantitative estimate of drug-likeness (QED) is 0.175. The van der Waals surface area contributed by atoms with Crippen LogP contribution in [-0.4, -0.2) is 6.85 Å². The molecule has 0 atom stereocenters. The van der Waals surface area contributed by atoms with Gasteiger partial charge in [-0.2, -0.15) is 0 Å². The Morgan fingerprint density at radius 3 is 1.97 bits per heavy atom. The molecule has 12 rings (SSSR count). The summed E-state index contributed by atoms with van der Waals surface area (Å²) in [5.74, 6) is 0. The van der Waals surface area contributed by atoms with Gasteiger partial charge in [-0.05, 0) is 113 Å². The van der Waals surface area contributed by atoms with E-state index in [4.69, 9.17) is 0 Å². The first kappa shape index (κ1) is 35.8. The fourth-order valence-electron chi connectivity index (χ4n) is 10.9. The molecule has 9 aromatic carbocycles. The third-order valence-corrected chi connectivity index (χ3v) is 14.1. The topological polar surface area (TPSA) is 15.3 Å². The monoisotopic (exact) mass is 780 g/mol. The predicted octanol–water partition coefficient (Wildman–Crippen LogP) is 13.8. The van der Waals surface area contributed by atoms with Gasteiger partial charge in [0, 0.05) is 39.1 Å². The van der Waals surface area contributed by atoms with Crippen molar-refractivity contribution in [1.29, 1.82) is 0 Å². The van der Waals surface area contributed by atoms with E-state index in [1.165, 1.54) is 111 Å². The maximum absolute atomic E-state index is 4.22. The van der Waals surface area contributed by atoms with Crippen LogP contribution in [-0.2, 0) is 10.8 Å². The molecule has 0 bridgehead atoms. The molecule has 290 valence electrons. The van der Waals surface area contributed by atoms with Gasteiger partial charge in [-0.1, -0.05) is 191 Å². The Hall–Kier alpha value is -7.10. The molecule has 2 nitrogen and oxygen atoms in total. The molecule has 1 aliphatic carbocycles. The molecule has 9 aromatic rings. The van der Waals surface area contributed by atoms with Crippen molar-refractivity contribution in [3.8, 4) is 44.5 Å². The van der Waals surface area contributed by atoms with Crippen molar-refractivity contribution in [2.75, 3.05) is 10.1 Å². The zero-order chi connectivity index (χ0) is 41.0. The molecule has 0 spiro atoms. The van der Waals surface area contributed by atoms with E-state index in [2.05, 4.69) is 232 Å². The highest BCUT2D eigenvalue weighted by Gasteiger charge is 2.48. The summed E-state index contributed by atoms with van der Waals surface area (Å²) in [6.07, 6.45) is 0. The minimum absolute atomic E-state index is 0.101. The number of hydrogen-bond acceptors (Lipinski definition) is 2. The lowest BCUT2D eigenvalue weighted by atomic mass is 9.42. The summed E-state index contributed by atoms with van der Waals surface area (Å²) in [5.41, 5.74) is 22.4. The SMILES string of the molecule is CC(C)(c1ccc2ccccc2c1)c1cccc2c1Nc1cc3c(c4c1B2N(c1cccc(-c2ccccc2)c1)c1ccc(-c2ccccc2)cc1-4)-c1ccccc1C3(C)C. The van der Waals surface area contributed by atoms with Gasteiger partial charge < -0.3 is 10.1 Å². The van der Waals surface area contributed by atoms with Crippen molar-refractivity contribution in [2.24, 2.45) is 0 Å². The fraction of sp³-hybridized carbons (Fsp3) is 0.103. The van der Waals surface area contributed by atoms with E-state index in [9.17, 15) is 0 Å². The van der Waals surface area contributed by atoms with Crippen LogP contribution in [0.1, 0.15) is 49.9 Å². The Labute approximate surface area is 359 Å². The Morgan fingerprint density at radius 2 is 1.18 bits per heavy atom. The highest BCUT2D eigenvalue weighted by Crippen LogP contribution is 2.57. The number of hydrogen-bond donors (Lipinski definition) is 1. The number of anilines is 4. The van der Waals surface area contributed by atoms with Crippen LogP contribution in [0.5, 0.6) is 0 Å². The van der Waals surface area contributed by atoms with Crippen molar-refractivity contribution in [3.05, 3.63) is 216 Å². The van der Waals surface area contributed by atoms with Crippen molar-refractivity contribution < 1.29 is 0 Å². The van der Waals surface area contributed by atoms with Gasteiger partial charge in [0.1, 0.15) is 0 Å². The van der Waals surface area contributed by atoms with E-state index < -0.39 is 0 Å². The maximum atomic E-state index is 4.22. The number of nitrogens with zero attached hydrogens (tertiary/aromatic N) is 1. The normalized spacial score (nSPS) is 14.1. The van der Waals surface area contributed by atoms with Crippen LogP contribution in [0, 0.1) is 0 Å². The number of para-hydroxylation sites is 1. The van der Waals surface area contributed by atoms with Crippen LogP contribution in [0.2, 0.25) is 0 Å². The van der Waals surface area contributed by atoms with E-state index >= 15 is 0 Å². The van der Waals surface area contributed by atoms with Crippen LogP contribution in [0.4, 0.5) is 22.7 Å². The summed E-state index contributed by atoms with van der Waals surface area (Å²) in [6.45, 7) is 9.49. The molecule has 1 N–H and O–H groups in total. The lowest BCUT2D eigenvalue weighted by Crippen LogP contribution is -2.61. The molecule has 3 heteroatoms. The van der Waals surface area contributed by atoms with Crippen molar-refractivity contribution in [1.82, 2.24) is 0 Å². The lowest BCUT2D eigenvalue weighted by molar-refractivity contribution is 0.644. The molecule has 61 heavy (non-hydrogen) atoms. The van der Waals surface area contributed by atoms with Crippen molar-refractivity contribution in [3.63, 3.8) is 0 Å². The van der Waals surface area contributed by atoms with E-state index in [-0.39, 0.29) is 17.7 Å². The van der Waals surface area contributed by atoms with Gasteiger partial charge in [0.25, 0.3) is 0 Å². The van der Waals surface area contributed by atoms with E-state index in [1.54, 1.807) is 0 Å². The summed E-state index contributed by atoms with van der Waals surface area (Å²) < 4.78 is 0. The van der Waals surface area contributed by atoms with E-state index in [0.29, 0.717) is 0 Å². The van der Waals surface area contributed by atoms with Gasteiger partial charge in [0.05, 0.1) is 0 Å². The molecule has 0 amide bonds. The second-order valence-electron chi connectivity index (χ2n) is 18.2. The molecule has 0 fully saturated rings. The number of rotatable bonds is 5. The van der Waals surface area contributed by atoms with Crippen LogP contribution in [0.15, 0.2) is 194 Å². The first-order chi connectivity index (χ1) is 29.8. The van der Waals surface area contributed by atoms with Gasteiger partial charge in [0.2, 0.25) is 0 Å². The van der Waals surface area contributed by atoms with Gasteiger partial charge >= 0.3 is 6.85 Å². The molecule has 0 saturated carbocycles. The van der Waals surface area contributed by atoms with Crippen molar-refractivity contribution in [2.45, 2.75) is 38.5 Å². The van der Waals surface area contributed by atoms with Gasteiger partial charge in [0.15, 0.2) is 0 Å². The summed E-state index contributed by atoms with van der Waals surface area (Å²) in [7, 11) is 0. The summed E-state index contributed by atoms with van der Waals surface area (Å²) >= 11 is 0. The largest absolute Gasteiger partial charge is 0.376 e. The molecule has 2 heterocycles. The van der Waals surface area contributed by atoms with Crippen molar-refractivity contribution >= 4 is 51.3 Å². The second-order valence-corrected chi connectivity index (χ2v) is 18.2. The van der Waals surface area contributed by atoms with Gasteiger partial charge in [-0.15, -0.1) is 0 Å². The Balaban J connectivity index is 1.17. The average molecular weight is 781 g/mol. The second kappa shape index (κ2) is 13.2. The average Bonchev–Trinajstić information content (AvgIpc) is 3.54. The molecule has 0 saturated heterocycles. The highest BCUT2D eigenvalue weighted by molar-refractivity contribution is 6.93. The summed E-state index contributed by atoms with van der Waals surface area (Å²) in [4.78, 5) is 2.65. The number of nitrogens with one attached hydrogen (secondary N) is 1. The third-order valence-electron chi connectivity index (χ3n) is 14.1. The number of fused-ring (bicyclic) bond motifs is 9. The molecule has 2 aliphatic heterocycles. The zero-order valence-corrected chi connectivity index (χ0v) is 35.0. The maximum Gasteiger partial charge on any atom is 0.333 e. The first-order valence-corrected chi connectivity index (χ1v) is 21.6. The minimum Gasteiger partial charge on any atom is -0.376 e. The summed E-state index contributed by atoms with van der Waals surface area (Å²) in [6, 6.07) is 72.4. The van der Waals surface area contributed by atoms with Gasteiger partial charge in [-0.25, -0.2) is 0 Å². The Bertz CT molecular complexity index is 3240. The Kier molecular flexibility index (Phi) is 7.75. The molecule has 0 aromatic heterocycles. The zero-order valence-electron chi connectivity index (χ0n) is 35.0. The first-order valence-electron chi connectivity index (χ1n) is 21.6. The van der Waals surface area contributed by atoms with Crippen LogP contribution in [0.25, 0.3) is 55.3 Å². The number of benzene rings is 9. The fourth-order valence-corrected chi connectivity index (χ4v) is 10.9. The lowest BCUT2D eigenvalue weighted by Gasteiger charge is -2.45. The van der Waals surface area contributed by atoms with Crippen LogP contribution < -0.4 is 21.1 Å². The highest BCUT2D eigenvalue weighted by atomic mass is 15.1. The predicted molar refractivity (Wildman–Crippen MR) is 260 cm³/mol. The molecular formula is C58H45BN2. The molecule has 0 radical (unpaired) electrons. The minimum atomic E-state index is -0.301. The Morgan fingerprint density at radius 1 is 0.508 bits per heavy atom. The molecule has 0 unspecified atom stereocenters. The standard InChI is InChI=1S/C58H45BN2/c1-57(2,43-31-29-39-21-11-12-22-40(39)33-43)48-27-16-28-50-56(48)60-51-36-49-53(45-25-13-14-26-47(45)58(49,3)4)54-46-35-42(38-19-9-6-10-20-38)30-32-52(46)61(59(50)55(51)54)44-24-15-23-41(34-44)37-17-7-5-8-18-37/h5-36,60H,1-4H3. The van der Waals surface area contributed by atoms with Crippen LogP contribution >= 0.6 is 0 Å². The van der Waals surface area contributed by atoms with Gasteiger partial charge in [-0.3, -0.25) is 0 Å². The van der Waals surface area contributed by atoms with E-state index in [1.807, 2.05) is 0 Å². The smallest absolute Gasteiger partial charge is 0.333 e. The summed E-state index contributed by atoms with van der Waals surface area (Å²) in [5, 5.41) is 6.74. The molecule has 3 aliphatic rings. The molecular weight excluding hydrogens is 735 g/mol. The van der Waals surface area contributed by atoms with Crippen LogP contribution in [0.3, 0.4) is 0 Å². The van der Waals surface area contributed by atoms with E-state index in [0.717, 1.165) is 0 Å².